The molecule has 0 radical (unpaired) electrons. The minimum absolute atomic E-state index is 0. The predicted molar refractivity (Wildman–Crippen MR) is 122 cm³/mol. The summed E-state index contributed by atoms with van der Waals surface area (Å²) in [5.41, 5.74) is 0. The number of carbonyl (C=O) groups excluding carboxylic acids is 5. The zero-order valence-corrected chi connectivity index (χ0v) is 25.7. The van der Waals surface area contributed by atoms with E-state index in [9.17, 15) is 49.5 Å². The maximum atomic E-state index is 9.82. The molecule has 0 bridgehead atoms. The summed E-state index contributed by atoms with van der Waals surface area (Å²) in [4.78, 5) is 49.1. The van der Waals surface area contributed by atoms with Gasteiger partial charge in [0.2, 0.25) is 0 Å². The van der Waals surface area contributed by atoms with E-state index in [0.717, 1.165) is 0 Å². The van der Waals surface area contributed by atoms with Gasteiger partial charge in [-0.05, 0) is 61.7 Å². The number of aliphatic carboxylic acids is 5. The summed E-state index contributed by atoms with van der Waals surface area (Å²) in [7, 11) is 0. The molecule has 5 unspecified atom stereocenters. The fraction of sp³-hybridized carbons (Fsp3) is 0.800. The number of carbonyl (C=O) groups is 5. The van der Waals surface area contributed by atoms with E-state index >= 15 is 0 Å². The second-order valence-corrected chi connectivity index (χ2v) is 8.14. The van der Waals surface area contributed by atoms with Crippen LogP contribution in [0.15, 0.2) is 0 Å². The van der Waals surface area contributed by atoms with Gasteiger partial charge in [-0.1, -0.05) is 69.2 Å². The van der Waals surface area contributed by atoms with Crippen molar-refractivity contribution in [2.45, 2.75) is 101 Å². The van der Waals surface area contributed by atoms with Gasteiger partial charge in [-0.15, -0.1) is 0 Å². The van der Waals surface area contributed by atoms with Crippen LogP contribution < -0.4 is 25.5 Å². The average molecular weight is 599 g/mol. The smallest absolute Gasteiger partial charge is 0.550 e. The fourth-order valence-electron chi connectivity index (χ4n) is 0.833. The van der Waals surface area contributed by atoms with Gasteiger partial charge < -0.3 is 49.5 Å². The first-order valence-electron chi connectivity index (χ1n) is 11.9. The molecule has 0 rings (SSSR count). The minimum Gasteiger partial charge on any atom is -0.550 e. The van der Waals surface area contributed by atoms with Gasteiger partial charge in [0.1, 0.15) is 0 Å². The Labute approximate surface area is 232 Å². The maximum Gasteiger partial charge on any atom is 5.00 e. The van der Waals surface area contributed by atoms with Gasteiger partial charge in [-0.25, -0.2) is 0 Å². The molecule has 0 aliphatic rings. The van der Waals surface area contributed by atoms with Crippen LogP contribution in [-0.2, 0) is 46.4 Å². The standard InChI is InChI=1S/5C5H10O2.Nb/c5*1-3-4(2)5(6)7;/h5*4H,3H2,1-2H3,(H,6,7);/q;;;;;+5/p-5. The van der Waals surface area contributed by atoms with Gasteiger partial charge in [-0.3, -0.25) is 0 Å². The van der Waals surface area contributed by atoms with Crippen LogP contribution >= 0.6 is 0 Å². The molecule has 0 aromatic heterocycles. The maximum absolute atomic E-state index is 9.82. The van der Waals surface area contributed by atoms with E-state index in [1.54, 1.807) is 34.6 Å². The molecule has 0 saturated heterocycles. The molecular weight excluding hydrogens is 553 g/mol. The van der Waals surface area contributed by atoms with E-state index < -0.39 is 29.8 Å². The third-order valence-corrected chi connectivity index (χ3v) is 5.07. The monoisotopic (exact) mass is 598 g/mol. The van der Waals surface area contributed by atoms with Crippen molar-refractivity contribution >= 4 is 29.8 Å². The molecule has 0 aliphatic heterocycles. The summed E-state index contributed by atoms with van der Waals surface area (Å²) >= 11 is 0. The van der Waals surface area contributed by atoms with E-state index in [1.165, 1.54) is 0 Å². The summed E-state index contributed by atoms with van der Waals surface area (Å²) in [6.07, 6.45) is 3.28. The number of carboxylic acids is 5. The Hall–Kier alpha value is -1.91. The third kappa shape index (κ3) is 39.3. The van der Waals surface area contributed by atoms with E-state index in [1.807, 2.05) is 34.6 Å². The SMILES string of the molecule is CCC(C)C(=O)[O-].CCC(C)C(=O)[O-].CCC(C)C(=O)[O-].CCC(C)C(=O)[O-].CCC(C)C(=O)[O-].[Nb+5]. The first-order chi connectivity index (χ1) is 15.9. The summed E-state index contributed by atoms with van der Waals surface area (Å²) < 4.78 is 0. The van der Waals surface area contributed by atoms with E-state index in [0.29, 0.717) is 32.1 Å². The quantitative estimate of drug-likeness (QED) is 0.278. The first-order valence-corrected chi connectivity index (χ1v) is 11.9. The molecule has 0 heterocycles. The molecule has 0 saturated carbocycles. The van der Waals surface area contributed by atoms with Crippen LogP contribution in [0.1, 0.15) is 101 Å². The van der Waals surface area contributed by atoms with Crippen molar-refractivity contribution in [2.24, 2.45) is 29.6 Å². The molecule has 0 aromatic carbocycles. The Morgan fingerprint density at radius 3 is 0.472 bits per heavy atom. The molecule has 5 atom stereocenters. The molecule has 0 fully saturated rings. The van der Waals surface area contributed by atoms with Crippen LogP contribution in [0.25, 0.3) is 0 Å². The molecule has 0 aliphatic carbocycles. The molecule has 0 aromatic rings. The van der Waals surface area contributed by atoms with Crippen LogP contribution in [0, 0.1) is 29.6 Å². The molecule has 11 heteroatoms. The second kappa shape index (κ2) is 31.1. The molecule has 210 valence electrons. The minimum atomic E-state index is -0.956. The number of hydrogen-bond donors (Lipinski definition) is 0. The summed E-state index contributed by atoms with van der Waals surface area (Å²) in [6, 6.07) is 0. The molecular formula is C25H45NbO10. The molecule has 0 amide bonds. The van der Waals surface area contributed by atoms with Gasteiger partial charge >= 0.3 is 22.4 Å². The topological polar surface area (TPSA) is 201 Å². The normalized spacial score (nSPS) is 13.1. The Bertz CT molecular complexity index is 465. The summed E-state index contributed by atoms with van der Waals surface area (Å²) in [5, 5.41) is 49.1. The van der Waals surface area contributed by atoms with E-state index in [-0.39, 0.29) is 52.0 Å². The van der Waals surface area contributed by atoms with Crippen molar-refractivity contribution in [1.82, 2.24) is 0 Å². The van der Waals surface area contributed by atoms with Crippen LogP contribution in [-0.4, -0.2) is 29.8 Å². The van der Waals surface area contributed by atoms with Gasteiger partial charge in [0.05, 0.1) is 0 Å². The van der Waals surface area contributed by atoms with Gasteiger partial charge in [0, 0.05) is 29.8 Å². The van der Waals surface area contributed by atoms with Crippen LogP contribution in [0.4, 0.5) is 0 Å². The van der Waals surface area contributed by atoms with Crippen molar-refractivity contribution in [3.05, 3.63) is 0 Å². The van der Waals surface area contributed by atoms with Crippen molar-refractivity contribution < 1.29 is 71.9 Å². The third-order valence-electron chi connectivity index (χ3n) is 5.07. The van der Waals surface area contributed by atoms with E-state index in [4.69, 9.17) is 0 Å². The van der Waals surface area contributed by atoms with Crippen molar-refractivity contribution in [2.75, 3.05) is 0 Å². The van der Waals surface area contributed by atoms with Gasteiger partial charge in [0.15, 0.2) is 0 Å². The largest absolute Gasteiger partial charge is 5.00 e. The van der Waals surface area contributed by atoms with Crippen LogP contribution in [0.5, 0.6) is 0 Å². The molecule has 10 nitrogen and oxygen atoms in total. The van der Waals surface area contributed by atoms with Crippen molar-refractivity contribution in [1.29, 1.82) is 0 Å². The molecule has 0 spiro atoms. The number of hydrogen-bond acceptors (Lipinski definition) is 10. The van der Waals surface area contributed by atoms with E-state index in [2.05, 4.69) is 0 Å². The van der Waals surface area contributed by atoms with Crippen LogP contribution in [0.3, 0.4) is 0 Å². The number of carboxylic acid groups (broad SMARTS) is 5. The van der Waals surface area contributed by atoms with Crippen LogP contribution in [0.2, 0.25) is 0 Å². The Balaban J connectivity index is -0.0000000776. The zero-order chi connectivity index (χ0) is 29.3. The fourth-order valence-corrected chi connectivity index (χ4v) is 0.833. The first kappa shape index (κ1) is 47.3. The predicted octanol–water partition coefficient (Wildman–Crippen LogP) is -1.09. The second-order valence-electron chi connectivity index (χ2n) is 8.14. The molecule has 36 heavy (non-hydrogen) atoms. The Morgan fingerprint density at radius 1 is 0.389 bits per heavy atom. The zero-order valence-electron chi connectivity index (χ0n) is 23.5. The van der Waals surface area contributed by atoms with Crippen molar-refractivity contribution in [3.8, 4) is 0 Å². The molecule has 0 N–H and O–H groups in total. The van der Waals surface area contributed by atoms with Gasteiger partial charge in [0.25, 0.3) is 0 Å². The summed E-state index contributed by atoms with van der Waals surface area (Å²) in [6.45, 7) is 17.3. The van der Waals surface area contributed by atoms with Crippen molar-refractivity contribution in [3.63, 3.8) is 0 Å². The summed E-state index contributed by atoms with van der Waals surface area (Å²) in [5.74, 6) is -6.24. The Morgan fingerprint density at radius 2 is 0.472 bits per heavy atom. The Kier molecular flexibility index (Phi) is 40.9. The van der Waals surface area contributed by atoms with Gasteiger partial charge in [-0.2, -0.15) is 0 Å². The average Bonchev–Trinajstić information content (AvgIpc) is 2.82. The number of rotatable bonds is 10.